The number of aryl methyl sites for hydroxylation is 1. The molecule has 2 heterocycles. The van der Waals surface area contributed by atoms with Crippen LogP contribution in [0, 0.1) is 17.2 Å². The third kappa shape index (κ3) is 3.34. The van der Waals surface area contributed by atoms with Gasteiger partial charge in [0.15, 0.2) is 0 Å². The molecule has 1 aromatic heterocycles. The molecular formula is C22H28N4O. The molecule has 1 aliphatic heterocycles. The fourth-order valence-corrected chi connectivity index (χ4v) is 4.44. The van der Waals surface area contributed by atoms with Gasteiger partial charge in [0.25, 0.3) is 0 Å². The van der Waals surface area contributed by atoms with E-state index in [2.05, 4.69) is 24.5 Å². The van der Waals surface area contributed by atoms with Crippen LogP contribution in [0.5, 0.6) is 0 Å². The van der Waals surface area contributed by atoms with E-state index in [9.17, 15) is 10.1 Å². The van der Waals surface area contributed by atoms with Gasteiger partial charge in [-0.15, -0.1) is 0 Å². The molecule has 5 heteroatoms. The van der Waals surface area contributed by atoms with Gasteiger partial charge in [-0.3, -0.25) is 4.79 Å². The number of nitriles is 1. The molecule has 1 atom stereocenters. The molecular weight excluding hydrogens is 336 g/mol. The summed E-state index contributed by atoms with van der Waals surface area (Å²) in [5.74, 6) is 2.35. The van der Waals surface area contributed by atoms with Crippen molar-refractivity contribution in [2.45, 2.75) is 71.4 Å². The first-order valence-corrected chi connectivity index (χ1v) is 10.4. The highest BCUT2D eigenvalue weighted by Gasteiger charge is 2.34. The van der Waals surface area contributed by atoms with Crippen LogP contribution in [0.15, 0.2) is 12.1 Å². The topological polar surface area (TPSA) is 61.9 Å². The second kappa shape index (κ2) is 7.34. The lowest BCUT2D eigenvalue weighted by atomic mass is 10.0. The van der Waals surface area contributed by atoms with Crippen LogP contribution in [0.25, 0.3) is 11.0 Å². The third-order valence-corrected chi connectivity index (χ3v) is 5.92. The van der Waals surface area contributed by atoms with Crippen molar-refractivity contribution < 1.29 is 4.79 Å². The van der Waals surface area contributed by atoms with Crippen molar-refractivity contribution in [1.29, 1.82) is 5.26 Å². The van der Waals surface area contributed by atoms with Crippen LogP contribution >= 0.6 is 0 Å². The van der Waals surface area contributed by atoms with Gasteiger partial charge in [-0.25, -0.2) is 4.98 Å². The Balaban J connectivity index is 1.73. The highest BCUT2D eigenvalue weighted by molar-refractivity contribution is 5.83. The first kappa shape index (κ1) is 18.0. The van der Waals surface area contributed by atoms with Gasteiger partial charge in [0.05, 0.1) is 29.3 Å². The molecule has 1 unspecified atom stereocenters. The lowest BCUT2D eigenvalue weighted by Gasteiger charge is -2.20. The maximum atomic E-state index is 12.5. The van der Waals surface area contributed by atoms with Gasteiger partial charge < -0.3 is 9.47 Å². The molecule has 1 aliphatic carbocycles. The molecule has 1 saturated carbocycles. The minimum atomic E-state index is 0.263. The van der Waals surface area contributed by atoms with Crippen molar-refractivity contribution in [2.24, 2.45) is 5.92 Å². The number of hydrogen-bond donors (Lipinski definition) is 0. The summed E-state index contributed by atoms with van der Waals surface area (Å²) in [7, 11) is 0. The molecule has 27 heavy (non-hydrogen) atoms. The molecule has 0 N–H and O–H groups in total. The summed E-state index contributed by atoms with van der Waals surface area (Å²) >= 11 is 0. The van der Waals surface area contributed by atoms with Crippen molar-refractivity contribution in [3.05, 3.63) is 29.1 Å². The van der Waals surface area contributed by atoms with E-state index in [1.807, 2.05) is 17.0 Å². The van der Waals surface area contributed by atoms with E-state index in [0.29, 0.717) is 24.9 Å². The summed E-state index contributed by atoms with van der Waals surface area (Å²) in [5.41, 5.74) is 3.84. The maximum Gasteiger partial charge on any atom is 0.224 e. The van der Waals surface area contributed by atoms with Gasteiger partial charge in [-0.1, -0.05) is 26.7 Å². The number of carbonyl (C=O) groups excluding carboxylic acids is 1. The van der Waals surface area contributed by atoms with Crippen LogP contribution in [0.3, 0.4) is 0 Å². The van der Waals surface area contributed by atoms with Gasteiger partial charge in [-0.2, -0.15) is 5.26 Å². The summed E-state index contributed by atoms with van der Waals surface area (Å²) in [6.45, 7) is 5.77. The standard InChI is InChI=1S/C22H28N4O/c1-3-5-15-11-20(27)25(13-15)14-26-19-10-9-17(12-23)18(6-4-2)21(19)24-22(26)16-7-8-16/h9-10,15-16H,3-8,11,13-14H2,1-2H3. The zero-order valence-corrected chi connectivity index (χ0v) is 16.4. The molecule has 1 aromatic carbocycles. The Hall–Kier alpha value is -2.35. The average molecular weight is 364 g/mol. The SMILES string of the molecule is CCCc1c(C#N)ccc2c1nc(C1CC1)n2CN1CC(CCC)CC1=O. The highest BCUT2D eigenvalue weighted by atomic mass is 16.2. The molecule has 1 amide bonds. The number of imidazole rings is 1. The van der Waals surface area contributed by atoms with Crippen molar-refractivity contribution in [3.63, 3.8) is 0 Å². The van der Waals surface area contributed by atoms with E-state index in [1.54, 1.807) is 0 Å². The van der Waals surface area contributed by atoms with Crippen LogP contribution in [0.4, 0.5) is 0 Å². The highest BCUT2D eigenvalue weighted by Crippen LogP contribution is 2.41. The molecule has 1 saturated heterocycles. The molecule has 0 spiro atoms. The predicted molar refractivity (Wildman–Crippen MR) is 105 cm³/mol. The number of likely N-dealkylation sites (tertiary alicyclic amines) is 1. The minimum Gasteiger partial charge on any atom is -0.324 e. The Morgan fingerprint density at radius 2 is 2.07 bits per heavy atom. The van der Waals surface area contributed by atoms with Crippen molar-refractivity contribution >= 4 is 16.9 Å². The monoisotopic (exact) mass is 364 g/mol. The van der Waals surface area contributed by atoms with Crippen molar-refractivity contribution in [2.75, 3.05) is 6.54 Å². The van der Waals surface area contributed by atoms with Crippen LogP contribution in [-0.4, -0.2) is 26.9 Å². The fraction of sp³-hybridized carbons (Fsp3) is 0.591. The van der Waals surface area contributed by atoms with E-state index < -0.39 is 0 Å². The number of carbonyl (C=O) groups is 1. The van der Waals surface area contributed by atoms with Crippen molar-refractivity contribution in [1.82, 2.24) is 14.5 Å². The summed E-state index contributed by atoms with van der Waals surface area (Å²) in [4.78, 5) is 19.5. The Bertz CT molecular complexity index is 903. The van der Waals surface area contributed by atoms with Gasteiger partial charge in [0, 0.05) is 18.9 Å². The van der Waals surface area contributed by atoms with E-state index in [4.69, 9.17) is 4.98 Å². The van der Waals surface area contributed by atoms with Crippen LogP contribution < -0.4 is 0 Å². The molecule has 4 rings (SSSR count). The maximum absolute atomic E-state index is 12.5. The molecule has 2 fully saturated rings. The lowest BCUT2D eigenvalue weighted by Crippen LogP contribution is -2.28. The number of nitrogens with zero attached hydrogens (tertiary/aromatic N) is 4. The lowest BCUT2D eigenvalue weighted by molar-refractivity contribution is -0.129. The van der Waals surface area contributed by atoms with Crippen LogP contribution in [-0.2, 0) is 17.9 Å². The molecule has 0 bridgehead atoms. The number of amides is 1. The zero-order valence-electron chi connectivity index (χ0n) is 16.4. The number of aromatic nitrogens is 2. The van der Waals surface area contributed by atoms with Crippen molar-refractivity contribution in [3.8, 4) is 6.07 Å². The number of hydrogen-bond acceptors (Lipinski definition) is 3. The quantitative estimate of drug-likeness (QED) is 0.734. The first-order chi connectivity index (χ1) is 13.2. The van der Waals surface area contributed by atoms with Gasteiger partial charge in [0.1, 0.15) is 5.82 Å². The molecule has 2 aliphatic rings. The number of benzene rings is 1. The number of fused-ring (bicyclic) bond motifs is 1. The normalized spacial score (nSPS) is 19.8. The van der Waals surface area contributed by atoms with E-state index in [0.717, 1.165) is 60.2 Å². The minimum absolute atomic E-state index is 0.263. The van der Waals surface area contributed by atoms with Gasteiger partial charge in [0.2, 0.25) is 5.91 Å². The van der Waals surface area contributed by atoms with Gasteiger partial charge in [-0.05, 0) is 49.3 Å². The fourth-order valence-electron chi connectivity index (χ4n) is 4.44. The van der Waals surface area contributed by atoms with E-state index >= 15 is 0 Å². The summed E-state index contributed by atoms with van der Waals surface area (Å²) in [5, 5.41) is 9.51. The first-order valence-electron chi connectivity index (χ1n) is 10.4. The summed E-state index contributed by atoms with van der Waals surface area (Å²) < 4.78 is 2.25. The Labute approximate surface area is 161 Å². The van der Waals surface area contributed by atoms with Crippen LogP contribution in [0.1, 0.15) is 75.2 Å². The van der Waals surface area contributed by atoms with Gasteiger partial charge >= 0.3 is 0 Å². The average Bonchev–Trinajstić information content (AvgIpc) is 3.36. The van der Waals surface area contributed by atoms with Crippen LogP contribution in [0.2, 0.25) is 0 Å². The Morgan fingerprint density at radius 3 is 2.74 bits per heavy atom. The van der Waals surface area contributed by atoms with E-state index in [1.165, 1.54) is 12.8 Å². The predicted octanol–water partition coefficient (Wildman–Crippen LogP) is 4.34. The molecule has 0 radical (unpaired) electrons. The molecule has 2 aromatic rings. The number of rotatable bonds is 7. The summed E-state index contributed by atoms with van der Waals surface area (Å²) in [6.07, 6.45) is 7.12. The second-order valence-corrected chi connectivity index (χ2v) is 8.11. The second-order valence-electron chi connectivity index (χ2n) is 8.11. The zero-order chi connectivity index (χ0) is 19.0. The van der Waals surface area contributed by atoms with E-state index in [-0.39, 0.29) is 5.91 Å². The smallest absolute Gasteiger partial charge is 0.224 e. The largest absolute Gasteiger partial charge is 0.324 e. The molecule has 5 nitrogen and oxygen atoms in total. The third-order valence-electron chi connectivity index (χ3n) is 5.92. The molecule has 142 valence electrons. The Morgan fingerprint density at radius 1 is 1.26 bits per heavy atom. The Kier molecular flexibility index (Phi) is 4.90. The summed E-state index contributed by atoms with van der Waals surface area (Å²) in [6, 6.07) is 6.28.